The molecule has 0 aliphatic carbocycles. The third-order valence-electron chi connectivity index (χ3n) is 3.78. The molecule has 2 rings (SSSR count). The number of nitrogens with one attached hydrogen (secondary N) is 1. The predicted molar refractivity (Wildman–Crippen MR) is 111 cm³/mol. The predicted octanol–water partition coefficient (Wildman–Crippen LogP) is 3.60. The number of carbonyl (C=O) groups is 1. The lowest BCUT2D eigenvalue weighted by molar-refractivity contribution is -0.122. The van der Waals surface area contributed by atoms with Gasteiger partial charge in [-0.25, -0.2) is 8.42 Å². The van der Waals surface area contributed by atoms with Crippen molar-refractivity contribution in [2.24, 2.45) is 0 Å². The Morgan fingerprint density at radius 1 is 1.04 bits per heavy atom. The van der Waals surface area contributed by atoms with E-state index in [9.17, 15) is 13.2 Å². The molecule has 0 unspecified atom stereocenters. The lowest BCUT2D eigenvalue weighted by Crippen LogP contribution is -2.47. The van der Waals surface area contributed by atoms with Gasteiger partial charge in [-0.1, -0.05) is 46.3 Å². The molecule has 0 aromatic heterocycles. The van der Waals surface area contributed by atoms with Gasteiger partial charge >= 0.3 is 0 Å². The Balaban J connectivity index is 2.24. The minimum atomic E-state index is -3.79. The van der Waals surface area contributed by atoms with E-state index in [0.717, 1.165) is 10.0 Å². The molecule has 0 atom stereocenters. The third kappa shape index (κ3) is 6.75. The highest BCUT2D eigenvalue weighted by molar-refractivity contribution is 9.10. The maximum Gasteiger partial charge on any atom is 0.243 e. The van der Waals surface area contributed by atoms with E-state index in [0.29, 0.717) is 6.42 Å². The van der Waals surface area contributed by atoms with Gasteiger partial charge in [0, 0.05) is 16.6 Å². The van der Waals surface area contributed by atoms with Crippen molar-refractivity contribution in [1.29, 1.82) is 0 Å². The molecule has 0 heterocycles. The van der Waals surface area contributed by atoms with Gasteiger partial charge in [-0.3, -0.25) is 4.79 Å². The van der Waals surface area contributed by atoms with Crippen molar-refractivity contribution in [3.8, 4) is 0 Å². The maximum absolute atomic E-state index is 13.1. The van der Waals surface area contributed by atoms with E-state index in [1.807, 2.05) is 51.1 Å². The molecule has 1 N–H and O–H groups in total. The SMILES string of the molecule is CC(C)(C)NC(=O)CN(CCc1ccccc1)S(=O)(=O)c1ccc(Br)cc1. The molecule has 0 radical (unpaired) electrons. The summed E-state index contributed by atoms with van der Waals surface area (Å²) in [7, 11) is -3.79. The Hall–Kier alpha value is -1.70. The van der Waals surface area contributed by atoms with E-state index in [-0.39, 0.29) is 23.9 Å². The first-order valence-corrected chi connectivity index (χ1v) is 10.9. The highest BCUT2D eigenvalue weighted by Crippen LogP contribution is 2.19. The first-order chi connectivity index (χ1) is 12.6. The smallest absolute Gasteiger partial charge is 0.243 e. The molecular formula is C20H25BrN2O3S. The van der Waals surface area contributed by atoms with Crippen LogP contribution in [0.5, 0.6) is 0 Å². The van der Waals surface area contributed by atoms with Crippen LogP contribution in [-0.2, 0) is 21.2 Å². The van der Waals surface area contributed by atoms with Crippen molar-refractivity contribution in [3.63, 3.8) is 0 Å². The number of benzene rings is 2. The summed E-state index contributed by atoms with van der Waals surface area (Å²) in [5.74, 6) is -0.323. The highest BCUT2D eigenvalue weighted by atomic mass is 79.9. The lowest BCUT2D eigenvalue weighted by atomic mass is 10.1. The van der Waals surface area contributed by atoms with Crippen LogP contribution in [0.3, 0.4) is 0 Å². The molecule has 5 nitrogen and oxygen atoms in total. The fourth-order valence-corrected chi connectivity index (χ4v) is 4.22. The van der Waals surface area contributed by atoms with Crippen LogP contribution in [0.4, 0.5) is 0 Å². The largest absolute Gasteiger partial charge is 0.350 e. The van der Waals surface area contributed by atoms with Crippen LogP contribution in [0, 0.1) is 0 Å². The first kappa shape index (κ1) is 21.6. The monoisotopic (exact) mass is 452 g/mol. The van der Waals surface area contributed by atoms with E-state index in [1.165, 1.54) is 16.4 Å². The van der Waals surface area contributed by atoms with Gasteiger partial charge in [-0.2, -0.15) is 4.31 Å². The van der Waals surface area contributed by atoms with Crippen molar-refractivity contribution >= 4 is 31.9 Å². The molecule has 146 valence electrons. The van der Waals surface area contributed by atoms with Crippen LogP contribution >= 0.6 is 15.9 Å². The van der Waals surface area contributed by atoms with Crippen LogP contribution in [-0.4, -0.2) is 37.3 Å². The summed E-state index contributed by atoms with van der Waals surface area (Å²) < 4.78 is 28.2. The Bertz CT molecular complexity index is 860. The van der Waals surface area contributed by atoms with Crippen LogP contribution in [0.25, 0.3) is 0 Å². The second-order valence-corrected chi connectivity index (χ2v) is 10.2. The normalized spacial score (nSPS) is 12.2. The average molecular weight is 453 g/mol. The van der Waals surface area contributed by atoms with E-state index >= 15 is 0 Å². The average Bonchev–Trinajstić information content (AvgIpc) is 2.58. The van der Waals surface area contributed by atoms with Gasteiger partial charge in [-0.15, -0.1) is 0 Å². The Labute approximate surface area is 170 Å². The third-order valence-corrected chi connectivity index (χ3v) is 6.17. The standard InChI is InChI=1S/C20H25BrN2O3S/c1-20(2,3)22-19(24)15-23(14-13-16-7-5-4-6-8-16)27(25,26)18-11-9-17(21)10-12-18/h4-12H,13-15H2,1-3H3,(H,22,24). The molecule has 2 aromatic rings. The molecule has 1 amide bonds. The maximum atomic E-state index is 13.1. The van der Waals surface area contributed by atoms with Crippen LogP contribution < -0.4 is 5.32 Å². The van der Waals surface area contributed by atoms with Crippen molar-refractivity contribution in [1.82, 2.24) is 9.62 Å². The van der Waals surface area contributed by atoms with Gasteiger partial charge in [-0.05, 0) is 57.0 Å². The summed E-state index contributed by atoms with van der Waals surface area (Å²) in [4.78, 5) is 12.6. The van der Waals surface area contributed by atoms with Gasteiger partial charge < -0.3 is 5.32 Å². The Morgan fingerprint density at radius 3 is 2.19 bits per heavy atom. The number of hydrogen-bond donors (Lipinski definition) is 1. The van der Waals surface area contributed by atoms with Gasteiger partial charge in [0.15, 0.2) is 0 Å². The first-order valence-electron chi connectivity index (χ1n) is 8.68. The van der Waals surface area contributed by atoms with Gasteiger partial charge in [0.2, 0.25) is 15.9 Å². The van der Waals surface area contributed by atoms with Crippen LogP contribution in [0.1, 0.15) is 26.3 Å². The summed E-state index contributed by atoms with van der Waals surface area (Å²) in [5.41, 5.74) is 0.591. The molecule has 0 saturated carbocycles. The zero-order valence-corrected chi connectivity index (χ0v) is 18.2. The van der Waals surface area contributed by atoms with E-state index in [1.54, 1.807) is 12.1 Å². The molecule has 0 aliphatic heterocycles. The summed E-state index contributed by atoms with van der Waals surface area (Å²) in [6, 6.07) is 16.1. The minimum absolute atomic E-state index is 0.169. The van der Waals surface area contributed by atoms with Gasteiger partial charge in [0.1, 0.15) is 0 Å². The van der Waals surface area contributed by atoms with Gasteiger partial charge in [0.25, 0.3) is 0 Å². The summed E-state index contributed by atoms with van der Waals surface area (Å²) in [6.45, 7) is 5.59. The molecule has 0 bridgehead atoms. The van der Waals surface area contributed by atoms with E-state index < -0.39 is 15.6 Å². The Kier molecular flexibility index (Phi) is 7.19. The number of hydrogen-bond acceptors (Lipinski definition) is 3. The van der Waals surface area contributed by atoms with E-state index in [2.05, 4.69) is 21.2 Å². The quantitative estimate of drug-likeness (QED) is 0.697. The number of carbonyl (C=O) groups excluding carboxylic acids is 1. The molecule has 2 aromatic carbocycles. The van der Waals surface area contributed by atoms with Crippen molar-refractivity contribution in [2.75, 3.05) is 13.1 Å². The Morgan fingerprint density at radius 2 is 1.63 bits per heavy atom. The minimum Gasteiger partial charge on any atom is -0.350 e. The fourth-order valence-electron chi connectivity index (χ4n) is 2.56. The number of rotatable bonds is 7. The molecule has 0 saturated heterocycles. The van der Waals surface area contributed by atoms with E-state index in [4.69, 9.17) is 0 Å². The van der Waals surface area contributed by atoms with Crippen molar-refractivity contribution in [3.05, 3.63) is 64.6 Å². The van der Waals surface area contributed by atoms with Gasteiger partial charge in [0.05, 0.1) is 11.4 Å². The van der Waals surface area contributed by atoms with Crippen LogP contribution in [0.15, 0.2) is 64.0 Å². The zero-order chi connectivity index (χ0) is 20.1. The molecule has 0 aliphatic rings. The number of sulfonamides is 1. The summed E-state index contributed by atoms with van der Waals surface area (Å²) in [5, 5.41) is 2.83. The lowest BCUT2D eigenvalue weighted by Gasteiger charge is -2.25. The number of halogens is 1. The second-order valence-electron chi connectivity index (χ2n) is 7.33. The summed E-state index contributed by atoms with van der Waals surface area (Å²) in [6.07, 6.45) is 0.527. The number of nitrogens with zero attached hydrogens (tertiary/aromatic N) is 1. The molecule has 7 heteroatoms. The highest BCUT2D eigenvalue weighted by Gasteiger charge is 2.27. The topological polar surface area (TPSA) is 66.5 Å². The number of amides is 1. The second kappa shape index (κ2) is 8.99. The molecule has 0 spiro atoms. The molecular weight excluding hydrogens is 428 g/mol. The molecule has 27 heavy (non-hydrogen) atoms. The molecule has 0 fully saturated rings. The van der Waals surface area contributed by atoms with Crippen LogP contribution in [0.2, 0.25) is 0 Å². The summed E-state index contributed by atoms with van der Waals surface area (Å²) >= 11 is 3.31. The van der Waals surface area contributed by atoms with Crippen molar-refractivity contribution < 1.29 is 13.2 Å². The zero-order valence-electron chi connectivity index (χ0n) is 15.8. The fraction of sp³-hybridized carbons (Fsp3) is 0.350. The van der Waals surface area contributed by atoms with Crippen molar-refractivity contribution in [2.45, 2.75) is 37.6 Å².